The molecule has 3 aliphatic rings. The highest BCUT2D eigenvalue weighted by Crippen LogP contribution is 2.64. The second-order valence-corrected chi connectivity index (χ2v) is 11.7. The van der Waals surface area contributed by atoms with Gasteiger partial charge in [0.25, 0.3) is 0 Å². The number of hydrogen-bond donors (Lipinski definition) is 0. The normalized spacial score (nSPS) is 27.5. The van der Waals surface area contributed by atoms with Crippen molar-refractivity contribution >= 4 is 7.92 Å². The molecule has 0 nitrogen and oxygen atoms in total. The molecule has 0 bridgehead atoms. The number of rotatable bonds is 5. The van der Waals surface area contributed by atoms with Gasteiger partial charge in [-0.05, 0) is 75.2 Å². The van der Waals surface area contributed by atoms with Crippen LogP contribution >= 0.6 is 7.92 Å². The van der Waals surface area contributed by atoms with E-state index in [2.05, 4.69) is 37.3 Å². The summed E-state index contributed by atoms with van der Waals surface area (Å²) in [6, 6.07) is 11.2. The first-order chi connectivity index (χ1) is 12.3. The smallest absolute Gasteiger partial charge is 0.000835 e. The molecule has 136 valence electrons. The van der Waals surface area contributed by atoms with Crippen LogP contribution in [-0.2, 0) is 6.42 Å². The number of allylic oxidation sites excluding steroid dienone is 2. The van der Waals surface area contributed by atoms with E-state index in [1.807, 2.05) is 5.57 Å². The summed E-state index contributed by atoms with van der Waals surface area (Å²) in [6.07, 6.45) is 17.9. The lowest BCUT2D eigenvalue weighted by atomic mass is 10.0. The van der Waals surface area contributed by atoms with E-state index in [1.54, 1.807) is 31.3 Å². The molecule has 0 radical (unpaired) electrons. The molecule has 0 heterocycles. The van der Waals surface area contributed by atoms with E-state index < -0.39 is 0 Å². The van der Waals surface area contributed by atoms with E-state index in [9.17, 15) is 0 Å². The van der Waals surface area contributed by atoms with Crippen LogP contribution in [0.15, 0.2) is 41.5 Å². The lowest BCUT2D eigenvalue weighted by Crippen LogP contribution is -2.20. The van der Waals surface area contributed by atoms with E-state index in [4.69, 9.17) is 0 Å². The molecule has 3 aliphatic carbocycles. The Balaban J connectivity index is 1.58. The molecule has 0 aromatic heterocycles. The van der Waals surface area contributed by atoms with Crippen molar-refractivity contribution in [1.29, 1.82) is 0 Å². The zero-order valence-electron chi connectivity index (χ0n) is 16.1. The molecule has 0 saturated heterocycles. The number of hydrogen-bond acceptors (Lipinski definition) is 0. The molecule has 4 rings (SSSR count). The highest BCUT2D eigenvalue weighted by Gasteiger charge is 2.40. The van der Waals surface area contributed by atoms with E-state index in [1.165, 1.54) is 56.9 Å². The molecular weight excluding hydrogens is 319 g/mol. The topological polar surface area (TPSA) is 0 Å². The largest absolute Gasteiger partial charge is 0.0930 e. The monoisotopic (exact) mass is 354 g/mol. The molecule has 1 heteroatoms. The summed E-state index contributed by atoms with van der Waals surface area (Å²) in [7, 11) is 0.232. The Morgan fingerprint density at radius 1 is 0.840 bits per heavy atom. The SMILES string of the molecule is CC(Cc1ccccc1)=C1CCCC1P(C1CCCC1)C1CCCC1. The van der Waals surface area contributed by atoms with Gasteiger partial charge in [0.2, 0.25) is 0 Å². The van der Waals surface area contributed by atoms with Crippen molar-refractivity contribution < 1.29 is 0 Å². The fourth-order valence-corrected chi connectivity index (χ4v) is 10.6. The third kappa shape index (κ3) is 4.05. The molecule has 0 amide bonds. The summed E-state index contributed by atoms with van der Waals surface area (Å²) in [4.78, 5) is 0. The van der Waals surface area contributed by atoms with Crippen LogP contribution in [0.5, 0.6) is 0 Å². The van der Waals surface area contributed by atoms with Crippen LogP contribution in [0, 0.1) is 0 Å². The van der Waals surface area contributed by atoms with Crippen molar-refractivity contribution in [2.45, 2.75) is 101 Å². The first kappa shape index (κ1) is 17.8. The molecule has 0 N–H and O–H groups in total. The third-order valence-electron chi connectivity index (χ3n) is 7.04. The van der Waals surface area contributed by atoms with Crippen LogP contribution in [0.2, 0.25) is 0 Å². The van der Waals surface area contributed by atoms with Gasteiger partial charge in [-0.1, -0.05) is 75.1 Å². The quantitative estimate of drug-likeness (QED) is 0.380. The molecule has 1 atom stereocenters. The zero-order valence-corrected chi connectivity index (χ0v) is 16.9. The van der Waals surface area contributed by atoms with Gasteiger partial charge in [0.05, 0.1) is 0 Å². The highest BCUT2D eigenvalue weighted by atomic mass is 31.1. The van der Waals surface area contributed by atoms with Gasteiger partial charge < -0.3 is 0 Å². The van der Waals surface area contributed by atoms with Gasteiger partial charge in [0.15, 0.2) is 0 Å². The third-order valence-corrected chi connectivity index (χ3v) is 11.0. The van der Waals surface area contributed by atoms with Gasteiger partial charge in [-0.25, -0.2) is 0 Å². The second-order valence-electron chi connectivity index (χ2n) is 8.70. The molecule has 0 spiro atoms. The Hall–Kier alpha value is -0.610. The maximum atomic E-state index is 2.46. The van der Waals surface area contributed by atoms with E-state index >= 15 is 0 Å². The maximum Gasteiger partial charge on any atom is 0.000835 e. The van der Waals surface area contributed by atoms with Crippen LogP contribution in [-0.4, -0.2) is 17.0 Å². The van der Waals surface area contributed by atoms with Crippen molar-refractivity contribution in [3.63, 3.8) is 0 Å². The van der Waals surface area contributed by atoms with E-state index in [0.717, 1.165) is 17.0 Å². The summed E-state index contributed by atoms with van der Waals surface area (Å²) in [6.45, 7) is 2.46. The summed E-state index contributed by atoms with van der Waals surface area (Å²) in [5, 5.41) is 0. The van der Waals surface area contributed by atoms with Crippen molar-refractivity contribution in [3.8, 4) is 0 Å². The summed E-state index contributed by atoms with van der Waals surface area (Å²) in [5.74, 6) is 0. The van der Waals surface area contributed by atoms with Gasteiger partial charge in [0, 0.05) is 5.66 Å². The summed E-state index contributed by atoms with van der Waals surface area (Å²) < 4.78 is 0. The van der Waals surface area contributed by atoms with E-state index in [0.29, 0.717) is 0 Å². The van der Waals surface area contributed by atoms with Crippen LogP contribution < -0.4 is 0 Å². The van der Waals surface area contributed by atoms with Gasteiger partial charge in [0.1, 0.15) is 0 Å². The molecule has 1 unspecified atom stereocenters. The first-order valence-electron chi connectivity index (χ1n) is 10.8. The Morgan fingerprint density at radius 3 is 2.04 bits per heavy atom. The van der Waals surface area contributed by atoms with Crippen LogP contribution in [0.4, 0.5) is 0 Å². The fourth-order valence-electron chi connectivity index (χ4n) is 5.88. The average molecular weight is 355 g/mol. The van der Waals surface area contributed by atoms with Crippen LogP contribution in [0.3, 0.4) is 0 Å². The molecule has 1 aromatic carbocycles. The minimum Gasteiger partial charge on any atom is -0.0930 e. The molecule has 1 aromatic rings. The van der Waals surface area contributed by atoms with Crippen molar-refractivity contribution in [3.05, 3.63) is 47.0 Å². The number of benzene rings is 1. The maximum absolute atomic E-state index is 2.46. The van der Waals surface area contributed by atoms with Gasteiger partial charge in [-0.3, -0.25) is 0 Å². The fraction of sp³-hybridized carbons (Fsp3) is 0.667. The van der Waals surface area contributed by atoms with Crippen molar-refractivity contribution in [2.75, 3.05) is 0 Å². The summed E-state index contributed by atoms with van der Waals surface area (Å²) in [5.41, 5.74) is 8.35. The Labute approximate surface area is 156 Å². The lowest BCUT2D eigenvalue weighted by Gasteiger charge is -2.37. The minimum atomic E-state index is 0.232. The van der Waals surface area contributed by atoms with Crippen molar-refractivity contribution in [2.24, 2.45) is 0 Å². The van der Waals surface area contributed by atoms with Crippen LogP contribution in [0.1, 0.15) is 83.1 Å². The predicted octanol–water partition coefficient (Wildman–Crippen LogP) is 7.47. The molecule has 3 saturated carbocycles. The lowest BCUT2D eigenvalue weighted by molar-refractivity contribution is 0.793. The van der Waals surface area contributed by atoms with E-state index in [-0.39, 0.29) is 7.92 Å². The summed E-state index contributed by atoms with van der Waals surface area (Å²) >= 11 is 0. The van der Waals surface area contributed by atoms with Gasteiger partial charge in [-0.2, -0.15) is 0 Å². The highest BCUT2D eigenvalue weighted by molar-refractivity contribution is 7.60. The van der Waals surface area contributed by atoms with Crippen molar-refractivity contribution in [1.82, 2.24) is 0 Å². The Morgan fingerprint density at radius 2 is 1.44 bits per heavy atom. The Bertz CT molecular complexity index is 559. The van der Waals surface area contributed by atoms with Gasteiger partial charge in [-0.15, -0.1) is 0 Å². The predicted molar refractivity (Wildman–Crippen MR) is 112 cm³/mol. The molecule has 25 heavy (non-hydrogen) atoms. The average Bonchev–Trinajstić information content (AvgIpc) is 3.40. The molecular formula is C24H35P. The molecule has 3 fully saturated rings. The first-order valence-corrected chi connectivity index (χ1v) is 12.4. The zero-order chi connectivity index (χ0) is 17.1. The van der Waals surface area contributed by atoms with Crippen LogP contribution in [0.25, 0.3) is 0 Å². The minimum absolute atomic E-state index is 0.232. The molecule has 0 aliphatic heterocycles. The Kier molecular flexibility index (Phi) is 5.97. The standard InChI is InChI=1S/C24H35P/c1-19(18-20-10-3-2-4-11-20)23-16-9-17-24(23)25(21-12-5-6-13-21)22-14-7-8-15-22/h2-4,10-11,21-22,24H,5-9,12-18H2,1H3. The van der Waals surface area contributed by atoms with Gasteiger partial charge >= 0.3 is 0 Å². The second kappa shape index (κ2) is 8.39.